The van der Waals surface area contributed by atoms with Crippen LogP contribution in [0.1, 0.15) is 58.4 Å². The second kappa shape index (κ2) is 17.5. The molecule has 5 nitrogen and oxygen atoms in total. The van der Waals surface area contributed by atoms with Crippen LogP contribution in [0.2, 0.25) is 0 Å². The number of anilines is 6. The van der Waals surface area contributed by atoms with Crippen LogP contribution in [0.5, 0.6) is 0 Å². The van der Waals surface area contributed by atoms with Gasteiger partial charge in [0.25, 0.3) is 0 Å². The second-order valence-corrected chi connectivity index (χ2v) is 24.0. The van der Waals surface area contributed by atoms with E-state index in [0.717, 1.165) is 116 Å². The Morgan fingerprint density at radius 2 is 0.741 bits per heavy atom. The maximum absolute atomic E-state index is 7.63. The topological polar surface area (TPSA) is 45.9 Å². The molecule has 3 aromatic heterocycles. The Kier molecular flexibility index (Phi) is 9.85. The molecule has 0 bridgehead atoms. The van der Waals surface area contributed by atoms with Crippen molar-refractivity contribution in [2.75, 3.05) is 9.80 Å². The highest BCUT2D eigenvalue weighted by Gasteiger charge is 2.56. The summed E-state index contributed by atoms with van der Waals surface area (Å²) in [7, 11) is 0. The van der Waals surface area contributed by atoms with E-state index in [2.05, 4.69) is 286 Å². The molecule has 402 valence electrons. The Hall–Kier alpha value is -10.6. The van der Waals surface area contributed by atoms with Crippen molar-refractivity contribution in [1.29, 1.82) is 0 Å². The van der Waals surface area contributed by atoms with Crippen LogP contribution in [-0.2, 0) is 10.8 Å². The van der Waals surface area contributed by atoms with Crippen molar-refractivity contribution in [2.24, 2.45) is 0 Å². The third kappa shape index (κ3) is 6.47. The Labute approximate surface area is 490 Å². The molecule has 18 rings (SSSR count). The molecule has 0 saturated heterocycles. The molecule has 2 aliphatic rings. The molecule has 13 aromatic carbocycles. The fourth-order valence-corrected chi connectivity index (χ4v) is 15.3. The van der Waals surface area contributed by atoms with Crippen molar-refractivity contribution >= 4 is 121 Å². The van der Waals surface area contributed by atoms with E-state index in [0.29, 0.717) is 0 Å². The lowest BCUT2D eigenvalue weighted by Crippen LogP contribution is -2.40. The number of hydrogen-bond donors (Lipinski definition) is 0. The van der Waals surface area contributed by atoms with Gasteiger partial charge < -0.3 is 23.1 Å². The van der Waals surface area contributed by atoms with Crippen molar-refractivity contribution in [2.45, 2.75) is 38.5 Å². The molecule has 0 unspecified atom stereocenters. The van der Waals surface area contributed by atoms with E-state index in [1.165, 1.54) is 60.8 Å². The quantitative estimate of drug-likeness (QED) is 0.155. The zero-order chi connectivity index (χ0) is 56.4. The molecule has 0 radical (unpaired) electrons. The van der Waals surface area contributed by atoms with Gasteiger partial charge in [-0.25, -0.2) is 0 Å². The first kappa shape index (κ1) is 48.0. The van der Waals surface area contributed by atoms with Crippen molar-refractivity contribution in [3.63, 3.8) is 0 Å². The number of nitrogens with zero attached hydrogens (tertiary/aromatic N) is 2. The van der Waals surface area contributed by atoms with Crippen LogP contribution in [0.15, 0.2) is 268 Å². The summed E-state index contributed by atoms with van der Waals surface area (Å²) < 4.78 is 21.5. The molecule has 0 N–H and O–H groups in total. The number of furan rings is 3. The van der Waals surface area contributed by atoms with E-state index in [9.17, 15) is 0 Å². The first-order valence-electron chi connectivity index (χ1n) is 29.5. The van der Waals surface area contributed by atoms with E-state index in [1.54, 1.807) is 0 Å². The summed E-state index contributed by atoms with van der Waals surface area (Å²) in [4.78, 5) is 4.83. The number of benzene rings is 13. The summed E-state index contributed by atoms with van der Waals surface area (Å²) in [6.07, 6.45) is 0. The Bertz CT molecular complexity index is 5450. The van der Waals surface area contributed by atoms with E-state index in [4.69, 9.17) is 13.3 Å². The van der Waals surface area contributed by atoms with Crippen molar-refractivity contribution in [3.8, 4) is 11.1 Å². The zero-order valence-electron chi connectivity index (χ0n) is 47.4. The molecule has 0 atom stereocenters. The first-order chi connectivity index (χ1) is 41.8. The van der Waals surface area contributed by atoms with E-state index in [1.807, 2.05) is 6.07 Å². The predicted molar refractivity (Wildman–Crippen MR) is 352 cm³/mol. The van der Waals surface area contributed by atoms with Gasteiger partial charge >= 0.3 is 0 Å². The molecular formula is C80H54N2O3. The molecule has 3 heterocycles. The first-order valence-corrected chi connectivity index (χ1v) is 29.5. The number of aryl methyl sites for hydroxylation is 2. The summed E-state index contributed by atoms with van der Waals surface area (Å²) in [5, 5.41) is 11.1. The van der Waals surface area contributed by atoms with Gasteiger partial charge in [-0.3, -0.25) is 0 Å². The number of para-hydroxylation sites is 5. The minimum atomic E-state index is -0.861. The fraction of sp³-hybridized carbons (Fsp3) is 0.0750. The summed E-state index contributed by atoms with van der Waals surface area (Å²) in [5.74, 6) is 0. The lowest BCUT2D eigenvalue weighted by Gasteiger charge is -2.47. The Morgan fingerprint density at radius 3 is 1.33 bits per heavy atom. The van der Waals surface area contributed by atoms with Gasteiger partial charge in [0.1, 0.15) is 22.3 Å². The van der Waals surface area contributed by atoms with Gasteiger partial charge in [-0.05, 0) is 147 Å². The summed E-state index contributed by atoms with van der Waals surface area (Å²) in [5.41, 5.74) is 22.1. The van der Waals surface area contributed by atoms with Crippen LogP contribution in [0.4, 0.5) is 34.1 Å². The van der Waals surface area contributed by atoms with E-state index >= 15 is 0 Å². The van der Waals surface area contributed by atoms with Gasteiger partial charge in [0.2, 0.25) is 0 Å². The third-order valence-electron chi connectivity index (χ3n) is 19.0. The number of fused-ring (bicyclic) bond motifs is 24. The van der Waals surface area contributed by atoms with Crippen LogP contribution in [-0.4, -0.2) is 0 Å². The van der Waals surface area contributed by atoms with Crippen LogP contribution in [0.3, 0.4) is 0 Å². The summed E-state index contributed by atoms with van der Waals surface area (Å²) in [6, 6.07) is 93.7. The minimum Gasteiger partial charge on any atom is -0.455 e. The molecule has 16 aromatic rings. The van der Waals surface area contributed by atoms with Gasteiger partial charge in [-0.2, -0.15) is 0 Å². The molecule has 0 aliphatic heterocycles. The van der Waals surface area contributed by atoms with Crippen molar-refractivity contribution < 1.29 is 13.3 Å². The maximum Gasteiger partial charge on any atom is 0.159 e. The SMILES string of the molecule is Cc1ccc(N(c2ccc3c4c(c5ccccc5c3c2)-c2c(cc(N(c3ccc(C)cc3)c3cccc5c3oc3ccccc35)c3c2oc2ccccc23)C42c3ccccc3C(C)(C)c3ccccc32)c2cccc3c2oc2ccccc23)cc1. The van der Waals surface area contributed by atoms with Crippen LogP contribution in [0.25, 0.3) is 98.5 Å². The lowest BCUT2D eigenvalue weighted by molar-refractivity contribution is 0.564. The summed E-state index contributed by atoms with van der Waals surface area (Å²) >= 11 is 0. The monoisotopic (exact) mass is 1090 g/mol. The van der Waals surface area contributed by atoms with Gasteiger partial charge in [-0.1, -0.05) is 207 Å². The summed E-state index contributed by atoms with van der Waals surface area (Å²) in [6.45, 7) is 9.12. The van der Waals surface area contributed by atoms with Crippen LogP contribution < -0.4 is 9.80 Å². The average Bonchev–Trinajstić information content (AvgIpc) is 1.55. The standard InChI is InChI=1S/C80H54N2O3/c1-47-35-39-49(40-36-47)81(66-30-17-24-57-53-20-7-14-32-69(53)83-76(57)66)51-43-44-56-60(45-51)52-19-5-6-22-55(52)73-74-65(80(75(56)73)63-28-12-10-26-61(63)79(3,4)62-27-11-13-29-64(62)80)46-68(72-59-23-9-16-34-71(59)85-78(72)74)82(50-41-37-48(2)38-42-50)67-31-18-25-58-54-21-8-15-33-70(54)84-77(58)67/h5-46H,1-4H3. The van der Waals surface area contributed by atoms with Gasteiger partial charge in [0.15, 0.2) is 11.2 Å². The van der Waals surface area contributed by atoms with E-state index in [-0.39, 0.29) is 5.41 Å². The predicted octanol–water partition coefficient (Wildman–Crippen LogP) is 22.3. The molecule has 0 fully saturated rings. The molecular weight excluding hydrogens is 1040 g/mol. The molecule has 2 aliphatic carbocycles. The normalized spacial score (nSPS) is 13.8. The Morgan fingerprint density at radius 1 is 0.294 bits per heavy atom. The molecule has 0 saturated carbocycles. The van der Waals surface area contributed by atoms with Crippen molar-refractivity contribution in [1.82, 2.24) is 0 Å². The highest BCUT2D eigenvalue weighted by atomic mass is 16.3. The highest BCUT2D eigenvalue weighted by Crippen LogP contribution is 2.68. The average molecular weight is 1090 g/mol. The smallest absolute Gasteiger partial charge is 0.159 e. The third-order valence-corrected chi connectivity index (χ3v) is 19.0. The Balaban J connectivity index is 1.01. The van der Waals surface area contributed by atoms with Gasteiger partial charge in [0.05, 0.1) is 27.9 Å². The van der Waals surface area contributed by atoms with Crippen molar-refractivity contribution in [3.05, 3.63) is 299 Å². The van der Waals surface area contributed by atoms with E-state index < -0.39 is 5.41 Å². The molecule has 5 heteroatoms. The second-order valence-electron chi connectivity index (χ2n) is 24.0. The minimum absolute atomic E-state index is 0.343. The maximum atomic E-state index is 7.63. The number of hydrogen-bond acceptors (Lipinski definition) is 5. The highest BCUT2D eigenvalue weighted by molar-refractivity contribution is 6.27. The zero-order valence-corrected chi connectivity index (χ0v) is 47.4. The van der Waals surface area contributed by atoms with Crippen LogP contribution in [0, 0.1) is 13.8 Å². The van der Waals surface area contributed by atoms with Crippen LogP contribution >= 0.6 is 0 Å². The molecule has 1 spiro atoms. The number of rotatable bonds is 6. The molecule has 0 amide bonds. The fourth-order valence-electron chi connectivity index (χ4n) is 15.3. The molecule has 85 heavy (non-hydrogen) atoms. The largest absolute Gasteiger partial charge is 0.455 e. The van der Waals surface area contributed by atoms with Gasteiger partial charge in [-0.15, -0.1) is 0 Å². The van der Waals surface area contributed by atoms with Gasteiger partial charge in [0, 0.05) is 55.0 Å². The lowest BCUT2D eigenvalue weighted by atomic mass is 9.55.